The topological polar surface area (TPSA) is 76.1 Å². The van der Waals surface area contributed by atoms with Crippen molar-refractivity contribution < 1.29 is 9.53 Å². The van der Waals surface area contributed by atoms with E-state index >= 15 is 0 Å². The van der Waals surface area contributed by atoms with Crippen LogP contribution < -0.4 is 5.73 Å². The van der Waals surface area contributed by atoms with Gasteiger partial charge in [-0.25, -0.2) is 4.79 Å². The lowest BCUT2D eigenvalue weighted by molar-refractivity contribution is 0.0502. The number of nitrogens with two attached hydrogens (primary N) is 1. The SMILES string of the molecule is N#CCCCOC(=O)c1ccc(N)c(Cl)c1. The highest BCUT2D eigenvalue weighted by Gasteiger charge is 2.08. The van der Waals surface area contributed by atoms with Gasteiger partial charge in [0.15, 0.2) is 0 Å². The van der Waals surface area contributed by atoms with Gasteiger partial charge in [0.05, 0.1) is 28.9 Å². The number of benzene rings is 1. The van der Waals surface area contributed by atoms with E-state index in [0.717, 1.165) is 0 Å². The predicted molar refractivity (Wildman–Crippen MR) is 61.0 cm³/mol. The summed E-state index contributed by atoms with van der Waals surface area (Å²) in [6.45, 7) is 0.231. The molecule has 1 aromatic rings. The number of hydrogen-bond acceptors (Lipinski definition) is 4. The molecule has 0 saturated heterocycles. The maximum Gasteiger partial charge on any atom is 0.338 e. The fourth-order valence-corrected chi connectivity index (χ4v) is 1.23. The Hall–Kier alpha value is -1.73. The minimum atomic E-state index is -0.458. The van der Waals surface area contributed by atoms with E-state index < -0.39 is 5.97 Å². The van der Waals surface area contributed by atoms with E-state index in [0.29, 0.717) is 29.1 Å². The monoisotopic (exact) mass is 238 g/mol. The summed E-state index contributed by atoms with van der Waals surface area (Å²) in [4.78, 5) is 11.5. The fourth-order valence-electron chi connectivity index (χ4n) is 1.05. The molecule has 0 unspecified atom stereocenters. The van der Waals surface area contributed by atoms with Gasteiger partial charge in [-0.15, -0.1) is 0 Å². The molecule has 0 saturated carbocycles. The largest absolute Gasteiger partial charge is 0.462 e. The van der Waals surface area contributed by atoms with Crippen molar-refractivity contribution in [2.75, 3.05) is 12.3 Å². The number of carbonyl (C=O) groups excluding carboxylic acids is 1. The Labute approximate surface area is 98.6 Å². The van der Waals surface area contributed by atoms with Crippen LogP contribution in [0.2, 0.25) is 5.02 Å². The summed E-state index contributed by atoms with van der Waals surface area (Å²) in [6.07, 6.45) is 0.903. The highest BCUT2D eigenvalue weighted by molar-refractivity contribution is 6.33. The summed E-state index contributed by atoms with van der Waals surface area (Å²) < 4.78 is 4.94. The number of rotatable bonds is 4. The Morgan fingerprint density at radius 2 is 2.31 bits per heavy atom. The molecule has 0 aliphatic carbocycles. The van der Waals surface area contributed by atoms with E-state index in [2.05, 4.69) is 0 Å². The summed E-state index contributed by atoms with van der Waals surface area (Å²) in [5.41, 5.74) is 6.29. The van der Waals surface area contributed by atoms with Crippen molar-refractivity contribution in [3.8, 4) is 6.07 Å². The lowest BCUT2D eigenvalue weighted by atomic mass is 10.2. The van der Waals surface area contributed by atoms with Crippen LogP contribution in [0, 0.1) is 11.3 Å². The molecule has 0 heterocycles. The Morgan fingerprint density at radius 1 is 1.56 bits per heavy atom. The molecule has 0 radical (unpaired) electrons. The molecule has 0 bridgehead atoms. The number of nitrogen functional groups attached to an aromatic ring is 1. The maximum atomic E-state index is 11.5. The first kappa shape index (κ1) is 12.3. The highest BCUT2D eigenvalue weighted by Crippen LogP contribution is 2.20. The minimum Gasteiger partial charge on any atom is -0.462 e. The summed E-state index contributed by atoms with van der Waals surface area (Å²) in [5, 5.41) is 8.62. The van der Waals surface area contributed by atoms with Crippen LogP contribution in [0.4, 0.5) is 5.69 Å². The highest BCUT2D eigenvalue weighted by atomic mass is 35.5. The van der Waals surface area contributed by atoms with Gasteiger partial charge >= 0.3 is 5.97 Å². The number of unbranched alkanes of at least 4 members (excludes halogenated alkanes) is 1. The molecule has 16 heavy (non-hydrogen) atoms. The van der Waals surface area contributed by atoms with Crippen LogP contribution in [0.3, 0.4) is 0 Å². The van der Waals surface area contributed by atoms with Crippen LogP contribution in [0.15, 0.2) is 18.2 Å². The average Bonchev–Trinajstić information content (AvgIpc) is 2.28. The van der Waals surface area contributed by atoms with E-state index in [4.69, 9.17) is 27.3 Å². The molecule has 5 heteroatoms. The third-order valence-corrected chi connectivity index (χ3v) is 2.23. The third-order valence-electron chi connectivity index (χ3n) is 1.90. The summed E-state index contributed by atoms with van der Waals surface area (Å²) in [7, 11) is 0. The number of esters is 1. The predicted octanol–water partition coefficient (Wildman–Crippen LogP) is 2.38. The molecular formula is C11H11ClN2O2. The van der Waals surface area contributed by atoms with Gasteiger partial charge in [0.2, 0.25) is 0 Å². The van der Waals surface area contributed by atoms with Crippen molar-refractivity contribution >= 4 is 23.3 Å². The molecule has 0 spiro atoms. The van der Waals surface area contributed by atoms with Crippen LogP contribution in [-0.4, -0.2) is 12.6 Å². The Kier molecular flexibility index (Phi) is 4.62. The fraction of sp³-hybridized carbons (Fsp3) is 0.273. The molecule has 0 aromatic heterocycles. The standard InChI is InChI=1S/C11H11ClN2O2/c12-9-7-8(3-4-10(9)14)11(15)16-6-2-1-5-13/h3-4,7H,1-2,6,14H2. The third kappa shape index (κ3) is 3.44. The second-order valence-electron chi connectivity index (χ2n) is 3.13. The van der Waals surface area contributed by atoms with Crippen LogP contribution in [0.1, 0.15) is 23.2 Å². The Bertz CT molecular complexity index is 426. The number of nitriles is 1. The molecule has 0 aliphatic rings. The number of hydrogen-bond donors (Lipinski definition) is 1. The van der Waals surface area contributed by atoms with Gasteiger partial charge in [0.25, 0.3) is 0 Å². The lowest BCUT2D eigenvalue weighted by Crippen LogP contribution is -2.06. The summed E-state index contributed by atoms with van der Waals surface area (Å²) in [6, 6.07) is 6.53. The average molecular weight is 239 g/mol. The quantitative estimate of drug-likeness (QED) is 0.496. The first-order valence-corrected chi connectivity index (χ1v) is 5.12. The number of anilines is 1. The van der Waals surface area contributed by atoms with E-state index in [9.17, 15) is 4.79 Å². The van der Waals surface area contributed by atoms with Crippen molar-refractivity contribution in [2.45, 2.75) is 12.8 Å². The second-order valence-corrected chi connectivity index (χ2v) is 3.54. The van der Waals surface area contributed by atoms with Gasteiger partial charge in [-0.05, 0) is 24.6 Å². The number of ether oxygens (including phenoxy) is 1. The zero-order valence-electron chi connectivity index (χ0n) is 8.57. The molecular weight excluding hydrogens is 228 g/mol. The van der Waals surface area contributed by atoms with Crippen molar-refractivity contribution in [2.24, 2.45) is 0 Å². The first-order chi connectivity index (χ1) is 7.65. The Morgan fingerprint density at radius 3 is 2.94 bits per heavy atom. The molecule has 0 aliphatic heterocycles. The molecule has 4 nitrogen and oxygen atoms in total. The van der Waals surface area contributed by atoms with E-state index in [1.54, 1.807) is 12.1 Å². The van der Waals surface area contributed by atoms with Gasteiger partial charge in [0.1, 0.15) is 0 Å². The summed E-state index contributed by atoms with van der Waals surface area (Å²) in [5.74, 6) is -0.458. The minimum absolute atomic E-state index is 0.231. The van der Waals surface area contributed by atoms with Gasteiger partial charge < -0.3 is 10.5 Å². The van der Waals surface area contributed by atoms with Crippen LogP contribution in [-0.2, 0) is 4.74 Å². The normalized spacial score (nSPS) is 9.50. The molecule has 0 fully saturated rings. The van der Waals surface area contributed by atoms with E-state index in [-0.39, 0.29) is 6.61 Å². The number of carbonyl (C=O) groups is 1. The van der Waals surface area contributed by atoms with Crippen molar-refractivity contribution in [3.63, 3.8) is 0 Å². The zero-order chi connectivity index (χ0) is 12.0. The Balaban J connectivity index is 2.53. The molecule has 1 rings (SSSR count). The van der Waals surface area contributed by atoms with Crippen molar-refractivity contribution in [1.29, 1.82) is 5.26 Å². The number of nitrogens with zero attached hydrogens (tertiary/aromatic N) is 1. The molecule has 0 amide bonds. The van der Waals surface area contributed by atoms with Crippen molar-refractivity contribution in [3.05, 3.63) is 28.8 Å². The van der Waals surface area contributed by atoms with Gasteiger partial charge in [0, 0.05) is 6.42 Å². The van der Waals surface area contributed by atoms with Crippen LogP contribution in [0.5, 0.6) is 0 Å². The number of halogens is 1. The zero-order valence-corrected chi connectivity index (χ0v) is 9.33. The lowest BCUT2D eigenvalue weighted by Gasteiger charge is -2.04. The van der Waals surface area contributed by atoms with E-state index in [1.165, 1.54) is 6.07 Å². The first-order valence-electron chi connectivity index (χ1n) is 4.74. The van der Waals surface area contributed by atoms with Gasteiger partial charge in [-0.2, -0.15) is 5.26 Å². The molecule has 1 aromatic carbocycles. The van der Waals surface area contributed by atoms with Gasteiger partial charge in [-0.3, -0.25) is 0 Å². The second kappa shape index (κ2) is 5.99. The maximum absolute atomic E-state index is 11.5. The van der Waals surface area contributed by atoms with E-state index in [1.807, 2.05) is 6.07 Å². The smallest absolute Gasteiger partial charge is 0.338 e. The van der Waals surface area contributed by atoms with Crippen LogP contribution >= 0.6 is 11.6 Å². The van der Waals surface area contributed by atoms with Gasteiger partial charge in [-0.1, -0.05) is 11.6 Å². The van der Waals surface area contributed by atoms with Crippen LogP contribution in [0.25, 0.3) is 0 Å². The molecule has 2 N–H and O–H groups in total. The summed E-state index contributed by atoms with van der Waals surface area (Å²) >= 11 is 5.77. The molecule has 84 valence electrons. The van der Waals surface area contributed by atoms with Crippen molar-refractivity contribution in [1.82, 2.24) is 0 Å². The molecule has 0 atom stereocenters.